The molecule has 4 rings (SSSR count). The number of ether oxygens (including phenoxy) is 3. The summed E-state index contributed by atoms with van der Waals surface area (Å²) < 4.78 is 16.7. The minimum absolute atomic E-state index is 0.248. The highest BCUT2D eigenvalue weighted by Crippen LogP contribution is 2.44. The second-order valence-electron chi connectivity index (χ2n) is 7.15. The topological polar surface area (TPSA) is 47.9 Å². The van der Waals surface area contributed by atoms with E-state index in [0.717, 1.165) is 44.8 Å². The van der Waals surface area contributed by atoms with Crippen molar-refractivity contribution in [2.45, 2.75) is 6.42 Å². The standard InChI is InChI=1S/C26H26O4/c1-28-17-18-29-15-6-16-30-24-14-12-20-8-3-5-10-22(20)26(24)25-21-9-4-2-7-19(21)11-13-23(25)27/h2-5,7-14,27H,6,15-18H2,1H3. The SMILES string of the molecule is COCCOCCCOc1ccc2ccccc2c1-c1c(O)ccc2ccccc12. The second-order valence-corrected chi connectivity index (χ2v) is 7.15. The number of hydrogen-bond donors (Lipinski definition) is 1. The molecule has 0 spiro atoms. The summed E-state index contributed by atoms with van der Waals surface area (Å²) in [5, 5.41) is 15.1. The average Bonchev–Trinajstić information content (AvgIpc) is 2.78. The Bertz CT molecular complexity index is 1140. The predicted molar refractivity (Wildman–Crippen MR) is 121 cm³/mol. The molecule has 0 saturated carbocycles. The van der Waals surface area contributed by atoms with Gasteiger partial charge in [-0.05, 0) is 33.7 Å². The molecule has 0 aliphatic heterocycles. The molecule has 1 N–H and O–H groups in total. The van der Waals surface area contributed by atoms with Crippen LogP contribution in [0.5, 0.6) is 11.5 Å². The van der Waals surface area contributed by atoms with Crippen LogP contribution >= 0.6 is 0 Å². The minimum Gasteiger partial charge on any atom is -0.507 e. The summed E-state index contributed by atoms with van der Waals surface area (Å²) in [5.74, 6) is 1.01. The van der Waals surface area contributed by atoms with Crippen LogP contribution in [0.15, 0.2) is 72.8 Å². The second kappa shape index (κ2) is 9.61. The zero-order valence-electron chi connectivity index (χ0n) is 17.1. The van der Waals surface area contributed by atoms with Gasteiger partial charge in [0.2, 0.25) is 0 Å². The molecule has 0 aliphatic carbocycles. The van der Waals surface area contributed by atoms with Gasteiger partial charge in [-0.15, -0.1) is 0 Å². The summed E-state index contributed by atoms with van der Waals surface area (Å²) in [6, 6.07) is 24.0. The van der Waals surface area contributed by atoms with Crippen molar-refractivity contribution in [1.82, 2.24) is 0 Å². The lowest BCUT2D eigenvalue weighted by atomic mass is 9.92. The van der Waals surface area contributed by atoms with Crippen molar-refractivity contribution in [1.29, 1.82) is 0 Å². The molecule has 0 aromatic heterocycles. The Kier molecular flexibility index (Phi) is 6.47. The van der Waals surface area contributed by atoms with Crippen molar-refractivity contribution in [2.24, 2.45) is 0 Å². The van der Waals surface area contributed by atoms with E-state index in [4.69, 9.17) is 14.2 Å². The van der Waals surface area contributed by atoms with Crippen LogP contribution < -0.4 is 4.74 Å². The van der Waals surface area contributed by atoms with E-state index in [2.05, 4.69) is 24.3 Å². The van der Waals surface area contributed by atoms with Crippen LogP contribution in [0, 0.1) is 0 Å². The van der Waals surface area contributed by atoms with Crippen LogP contribution in [-0.4, -0.2) is 38.6 Å². The molecule has 0 heterocycles. The normalized spacial score (nSPS) is 11.2. The van der Waals surface area contributed by atoms with E-state index in [0.29, 0.717) is 26.4 Å². The maximum atomic E-state index is 10.9. The first-order valence-electron chi connectivity index (χ1n) is 10.2. The van der Waals surface area contributed by atoms with Crippen molar-refractivity contribution in [2.75, 3.05) is 33.5 Å². The van der Waals surface area contributed by atoms with Gasteiger partial charge in [0, 0.05) is 31.3 Å². The van der Waals surface area contributed by atoms with Crippen molar-refractivity contribution >= 4 is 21.5 Å². The number of benzene rings is 4. The van der Waals surface area contributed by atoms with E-state index < -0.39 is 0 Å². The van der Waals surface area contributed by atoms with E-state index >= 15 is 0 Å². The number of aromatic hydroxyl groups is 1. The minimum atomic E-state index is 0.248. The lowest BCUT2D eigenvalue weighted by Crippen LogP contribution is -2.07. The van der Waals surface area contributed by atoms with Crippen LogP contribution in [0.1, 0.15) is 6.42 Å². The van der Waals surface area contributed by atoms with Crippen LogP contribution in [0.25, 0.3) is 32.7 Å². The first kappa shape index (κ1) is 20.2. The number of methoxy groups -OCH3 is 1. The third-order valence-corrected chi connectivity index (χ3v) is 5.17. The molecule has 0 aliphatic rings. The molecule has 0 fully saturated rings. The number of phenolic OH excluding ortho intramolecular Hbond substituents is 1. The predicted octanol–water partition coefficient (Wildman–Crippen LogP) is 5.80. The Balaban J connectivity index is 1.72. The molecule has 0 saturated heterocycles. The highest BCUT2D eigenvalue weighted by molar-refractivity contribution is 6.09. The fraction of sp³-hybridized carbons (Fsp3) is 0.231. The molecular formula is C26H26O4. The lowest BCUT2D eigenvalue weighted by Gasteiger charge is -2.17. The van der Waals surface area contributed by atoms with Crippen molar-refractivity contribution in [3.63, 3.8) is 0 Å². The maximum Gasteiger partial charge on any atom is 0.127 e. The van der Waals surface area contributed by atoms with Crippen LogP contribution in [0.4, 0.5) is 0 Å². The number of fused-ring (bicyclic) bond motifs is 2. The highest BCUT2D eigenvalue weighted by Gasteiger charge is 2.17. The maximum absolute atomic E-state index is 10.9. The molecule has 0 radical (unpaired) electrons. The Morgan fingerprint density at radius 1 is 0.667 bits per heavy atom. The van der Waals surface area contributed by atoms with Gasteiger partial charge in [0.15, 0.2) is 0 Å². The summed E-state index contributed by atoms with van der Waals surface area (Å²) >= 11 is 0. The first-order valence-corrected chi connectivity index (χ1v) is 10.2. The summed E-state index contributed by atoms with van der Waals surface area (Å²) in [4.78, 5) is 0. The summed E-state index contributed by atoms with van der Waals surface area (Å²) in [6.45, 7) is 2.33. The monoisotopic (exact) mass is 402 g/mol. The molecule has 0 amide bonds. The fourth-order valence-electron chi connectivity index (χ4n) is 3.74. The highest BCUT2D eigenvalue weighted by atomic mass is 16.5. The number of hydrogen-bond acceptors (Lipinski definition) is 4. The van der Waals surface area contributed by atoms with Gasteiger partial charge in [0.1, 0.15) is 11.5 Å². The van der Waals surface area contributed by atoms with Crippen molar-refractivity contribution in [3.8, 4) is 22.6 Å². The molecule has 0 bridgehead atoms. The van der Waals surface area contributed by atoms with E-state index in [1.807, 2.05) is 42.5 Å². The van der Waals surface area contributed by atoms with Gasteiger partial charge in [0.25, 0.3) is 0 Å². The van der Waals surface area contributed by atoms with Crippen LogP contribution in [0.3, 0.4) is 0 Å². The van der Waals surface area contributed by atoms with Gasteiger partial charge in [-0.1, -0.05) is 60.7 Å². The smallest absolute Gasteiger partial charge is 0.127 e. The Morgan fingerprint density at radius 3 is 2.07 bits per heavy atom. The van der Waals surface area contributed by atoms with E-state index in [1.165, 1.54) is 0 Å². The first-order chi connectivity index (χ1) is 14.8. The van der Waals surface area contributed by atoms with Crippen LogP contribution in [-0.2, 0) is 9.47 Å². The Labute approximate surface area is 176 Å². The Morgan fingerprint density at radius 2 is 1.33 bits per heavy atom. The lowest BCUT2D eigenvalue weighted by molar-refractivity contribution is 0.0645. The summed E-state index contributed by atoms with van der Waals surface area (Å²) in [7, 11) is 1.66. The van der Waals surface area contributed by atoms with E-state index in [1.54, 1.807) is 13.2 Å². The summed E-state index contributed by atoms with van der Waals surface area (Å²) in [6.07, 6.45) is 0.775. The number of phenols is 1. The zero-order valence-corrected chi connectivity index (χ0v) is 17.1. The van der Waals surface area contributed by atoms with E-state index in [-0.39, 0.29) is 5.75 Å². The van der Waals surface area contributed by atoms with Gasteiger partial charge >= 0.3 is 0 Å². The fourth-order valence-corrected chi connectivity index (χ4v) is 3.74. The third-order valence-electron chi connectivity index (χ3n) is 5.17. The molecule has 4 aromatic rings. The van der Waals surface area contributed by atoms with Gasteiger partial charge in [0.05, 0.1) is 19.8 Å². The zero-order chi connectivity index (χ0) is 20.8. The van der Waals surface area contributed by atoms with Crippen molar-refractivity contribution in [3.05, 3.63) is 72.8 Å². The molecular weight excluding hydrogens is 376 g/mol. The molecule has 154 valence electrons. The Hall–Kier alpha value is -3.08. The third kappa shape index (κ3) is 4.25. The van der Waals surface area contributed by atoms with Gasteiger partial charge in [-0.25, -0.2) is 0 Å². The van der Waals surface area contributed by atoms with E-state index in [9.17, 15) is 5.11 Å². The molecule has 4 aromatic carbocycles. The van der Waals surface area contributed by atoms with Gasteiger partial charge in [-0.2, -0.15) is 0 Å². The molecule has 30 heavy (non-hydrogen) atoms. The number of rotatable bonds is 9. The van der Waals surface area contributed by atoms with Gasteiger partial charge < -0.3 is 19.3 Å². The van der Waals surface area contributed by atoms with Crippen molar-refractivity contribution < 1.29 is 19.3 Å². The quantitative estimate of drug-likeness (QED) is 0.360. The summed E-state index contributed by atoms with van der Waals surface area (Å²) in [5.41, 5.74) is 1.72. The largest absolute Gasteiger partial charge is 0.507 e. The molecule has 0 atom stereocenters. The molecule has 4 nitrogen and oxygen atoms in total. The van der Waals surface area contributed by atoms with Gasteiger partial charge in [-0.3, -0.25) is 0 Å². The van der Waals surface area contributed by atoms with Crippen LogP contribution in [0.2, 0.25) is 0 Å². The molecule has 4 heteroatoms. The molecule has 0 unspecified atom stereocenters. The average molecular weight is 402 g/mol.